The molecule has 2 atom stereocenters. The van der Waals surface area contributed by atoms with Gasteiger partial charge in [-0.15, -0.1) is 0 Å². The van der Waals surface area contributed by atoms with Gasteiger partial charge in [-0.25, -0.2) is 4.98 Å². The molecule has 106 valence electrons. The first kappa shape index (κ1) is 14.5. The van der Waals surface area contributed by atoms with Crippen LogP contribution >= 0.6 is 15.9 Å². The van der Waals surface area contributed by atoms with Crippen molar-refractivity contribution in [1.29, 1.82) is 0 Å². The molecule has 6 heteroatoms. The van der Waals surface area contributed by atoms with Gasteiger partial charge in [-0.05, 0) is 29.3 Å². The predicted octanol–water partition coefficient (Wildman–Crippen LogP) is 2.90. The summed E-state index contributed by atoms with van der Waals surface area (Å²) in [5.41, 5.74) is 0.111. The van der Waals surface area contributed by atoms with E-state index in [4.69, 9.17) is 4.74 Å². The molecule has 0 bridgehead atoms. The van der Waals surface area contributed by atoms with E-state index in [1.54, 1.807) is 6.20 Å². The second-order valence-electron chi connectivity index (χ2n) is 5.34. The molecule has 0 spiro atoms. The van der Waals surface area contributed by atoms with Crippen LogP contribution in [-0.2, 0) is 4.74 Å². The van der Waals surface area contributed by atoms with Crippen LogP contribution in [-0.4, -0.2) is 35.8 Å². The predicted molar refractivity (Wildman–Crippen MR) is 80.5 cm³/mol. The Bertz CT molecular complexity index is 452. The van der Waals surface area contributed by atoms with Crippen LogP contribution < -0.4 is 10.6 Å². The SMILES string of the molecule is CCOC1CC(Nc2nc(NC)ncc2Br)C1(C)C. The van der Waals surface area contributed by atoms with Crippen molar-refractivity contribution in [2.45, 2.75) is 39.3 Å². The molecule has 1 aromatic heterocycles. The maximum Gasteiger partial charge on any atom is 0.224 e. The first-order chi connectivity index (χ1) is 8.98. The largest absolute Gasteiger partial charge is 0.378 e. The van der Waals surface area contributed by atoms with Crippen molar-refractivity contribution in [3.63, 3.8) is 0 Å². The van der Waals surface area contributed by atoms with Crippen LogP contribution in [0, 0.1) is 5.41 Å². The Hall–Kier alpha value is -0.880. The summed E-state index contributed by atoms with van der Waals surface area (Å²) in [4.78, 5) is 8.58. The van der Waals surface area contributed by atoms with E-state index in [-0.39, 0.29) is 5.41 Å². The lowest BCUT2D eigenvalue weighted by molar-refractivity contribution is -0.0976. The summed E-state index contributed by atoms with van der Waals surface area (Å²) in [6.07, 6.45) is 3.08. The number of hydrogen-bond donors (Lipinski definition) is 2. The monoisotopic (exact) mass is 328 g/mol. The summed E-state index contributed by atoms with van der Waals surface area (Å²) in [7, 11) is 1.81. The average Bonchev–Trinajstić information content (AvgIpc) is 2.39. The summed E-state index contributed by atoms with van der Waals surface area (Å²) in [5, 5.41) is 6.43. The van der Waals surface area contributed by atoms with Crippen LogP contribution in [0.25, 0.3) is 0 Å². The number of nitrogens with one attached hydrogen (secondary N) is 2. The molecule has 5 nitrogen and oxygen atoms in total. The molecule has 1 aliphatic rings. The number of halogens is 1. The maximum atomic E-state index is 5.74. The van der Waals surface area contributed by atoms with Crippen LogP contribution in [0.1, 0.15) is 27.2 Å². The third kappa shape index (κ3) is 2.84. The van der Waals surface area contributed by atoms with E-state index in [1.165, 1.54) is 0 Å². The Balaban J connectivity index is 2.07. The molecule has 2 rings (SSSR count). The summed E-state index contributed by atoms with van der Waals surface area (Å²) in [6.45, 7) is 7.25. The minimum atomic E-state index is 0.111. The van der Waals surface area contributed by atoms with Gasteiger partial charge < -0.3 is 15.4 Å². The van der Waals surface area contributed by atoms with Gasteiger partial charge >= 0.3 is 0 Å². The number of anilines is 2. The number of hydrogen-bond acceptors (Lipinski definition) is 5. The van der Waals surface area contributed by atoms with E-state index in [9.17, 15) is 0 Å². The first-order valence-corrected chi connectivity index (χ1v) is 7.36. The van der Waals surface area contributed by atoms with Crippen LogP contribution in [0.15, 0.2) is 10.7 Å². The van der Waals surface area contributed by atoms with Gasteiger partial charge in [0, 0.05) is 31.3 Å². The molecule has 0 amide bonds. The molecule has 0 aliphatic heterocycles. The zero-order valence-corrected chi connectivity index (χ0v) is 13.4. The molecule has 0 aromatic carbocycles. The van der Waals surface area contributed by atoms with Gasteiger partial charge in [-0.2, -0.15) is 4.98 Å². The first-order valence-electron chi connectivity index (χ1n) is 6.57. The lowest BCUT2D eigenvalue weighted by Crippen LogP contribution is -2.58. The fourth-order valence-corrected chi connectivity index (χ4v) is 2.67. The smallest absolute Gasteiger partial charge is 0.224 e. The average molecular weight is 329 g/mol. The molecule has 1 saturated carbocycles. The Kier molecular flexibility index (Phi) is 4.30. The molecule has 1 heterocycles. The van der Waals surface area contributed by atoms with Crippen molar-refractivity contribution in [1.82, 2.24) is 9.97 Å². The van der Waals surface area contributed by atoms with Crippen molar-refractivity contribution in [2.24, 2.45) is 5.41 Å². The van der Waals surface area contributed by atoms with E-state index in [2.05, 4.69) is 50.4 Å². The summed E-state index contributed by atoms with van der Waals surface area (Å²) in [6, 6.07) is 0.361. The zero-order valence-electron chi connectivity index (χ0n) is 11.8. The summed E-state index contributed by atoms with van der Waals surface area (Å²) < 4.78 is 6.62. The van der Waals surface area contributed by atoms with E-state index in [0.717, 1.165) is 23.3 Å². The van der Waals surface area contributed by atoms with E-state index < -0.39 is 0 Å². The Labute approximate surface area is 122 Å². The van der Waals surface area contributed by atoms with Crippen LogP contribution in [0.5, 0.6) is 0 Å². The van der Waals surface area contributed by atoms with Crippen molar-refractivity contribution >= 4 is 27.7 Å². The topological polar surface area (TPSA) is 59.1 Å². The van der Waals surface area contributed by atoms with Gasteiger partial charge in [-0.1, -0.05) is 13.8 Å². The molecule has 19 heavy (non-hydrogen) atoms. The minimum absolute atomic E-state index is 0.111. The van der Waals surface area contributed by atoms with Crippen molar-refractivity contribution in [3.8, 4) is 0 Å². The highest BCUT2D eigenvalue weighted by Crippen LogP contribution is 2.44. The fraction of sp³-hybridized carbons (Fsp3) is 0.692. The van der Waals surface area contributed by atoms with Crippen molar-refractivity contribution in [3.05, 3.63) is 10.7 Å². The van der Waals surface area contributed by atoms with Crippen LogP contribution in [0.2, 0.25) is 0 Å². The summed E-state index contributed by atoms with van der Waals surface area (Å²) >= 11 is 3.48. The fourth-order valence-electron chi connectivity index (χ4n) is 2.37. The number of aromatic nitrogens is 2. The number of ether oxygens (including phenoxy) is 1. The van der Waals surface area contributed by atoms with Crippen LogP contribution in [0.4, 0.5) is 11.8 Å². The van der Waals surface area contributed by atoms with Crippen molar-refractivity contribution < 1.29 is 4.74 Å². The second kappa shape index (κ2) is 5.63. The third-order valence-corrected chi connectivity index (χ3v) is 4.40. The van der Waals surface area contributed by atoms with Gasteiger partial charge in [0.25, 0.3) is 0 Å². The molecule has 0 radical (unpaired) electrons. The molecular weight excluding hydrogens is 308 g/mol. The third-order valence-electron chi connectivity index (χ3n) is 3.82. The van der Waals surface area contributed by atoms with Gasteiger partial charge in [-0.3, -0.25) is 0 Å². The van der Waals surface area contributed by atoms with E-state index in [0.29, 0.717) is 18.1 Å². The van der Waals surface area contributed by atoms with Gasteiger partial charge in [0.2, 0.25) is 5.95 Å². The minimum Gasteiger partial charge on any atom is -0.378 e. The van der Waals surface area contributed by atoms with Gasteiger partial charge in [0.15, 0.2) is 0 Å². The molecule has 0 saturated heterocycles. The molecule has 1 fully saturated rings. The maximum absolute atomic E-state index is 5.74. The van der Waals surface area contributed by atoms with Crippen molar-refractivity contribution in [2.75, 3.05) is 24.3 Å². The highest BCUT2D eigenvalue weighted by Gasteiger charge is 2.49. The Morgan fingerprint density at radius 3 is 2.84 bits per heavy atom. The number of nitrogens with zero attached hydrogens (tertiary/aromatic N) is 2. The van der Waals surface area contributed by atoms with E-state index in [1.807, 2.05) is 14.0 Å². The molecule has 1 aliphatic carbocycles. The van der Waals surface area contributed by atoms with E-state index >= 15 is 0 Å². The molecule has 2 N–H and O–H groups in total. The Morgan fingerprint density at radius 2 is 2.26 bits per heavy atom. The second-order valence-corrected chi connectivity index (χ2v) is 6.19. The Morgan fingerprint density at radius 1 is 1.53 bits per heavy atom. The molecule has 1 aromatic rings. The quantitative estimate of drug-likeness (QED) is 0.870. The van der Waals surface area contributed by atoms with Crippen LogP contribution in [0.3, 0.4) is 0 Å². The highest BCUT2D eigenvalue weighted by atomic mass is 79.9. The lowest BCUT2D eigenvalue weighted by Gasteiger charge is -2.51. The highest BCUT2D eigenvalue weighted by molar-refractivity contribution is 9.10. The molecular formula is C13H21BrN4O. The lowest BCUT2D eigenvalue weighted by atomic mass is 9.64. The summed E-state index contributed by atoms with van der Waals surface area (Å²) in [5.74, 6) is 1.44. The normalized spacial score (nSPS) is 24.7. The standard InChI is InChI=1S/C13H21BrN4O/c1-5-19-10-6-9(13(10,2)3)17-11-8(14)7-16-12(15-4)18-11/h7,9-10H,5-6H2,1-4H3,(H2,15,16,17,18). The number of rotatable bonds is 5. The van der Waals surface area contributed by atoms with Gasteiger partial charge in [0.1, 0.15) is 5.82 Å². The zero-order chi connectivity index (χ0) is 14.0. The molecule has 2 unspecified atom stereocenters. The van der Waals surface area contributed by atoms with Gasteiger partial charge in [0.05, 0.1) is 10.6 Å².